The van der Waals surface area contributed by atoms with Crippen molar-refractivity contribution < 1.29 is 19.4 Å². The van der Waals surface area contributed by atoms with Gasteiger partial charge in [-0.15, -0.1) is 0 Å². The maximum atomic E-state index is 13.7. The summed E-state index contributed by atoms with van der Waals surface area (Å²) in [6.07, 6.45) is 0. The summed E-state index contributed by atoms with van der Waals surface area (Å²) in [7, 11) is 1.52. The standard InChI is InChI=1S/C25H17NO6S/c1-31-16-9-12-18-19(13-16)26(14-5-3-2-4-6-14)24(29)20-21(28)23(25(30)32-22(18)20)33-17-10-7-15(27)8-11-17/h2-13,27-28H,1H3. The molecule has 0 bridgehead atoms. The predicted molar refractivity (Wildman–Crippen MR) is 126 cm³/mol. The molecule has 0 atom stereocenters. The number of benzene rings is 3. The molecule has 33 heavy (non-hydrogen) atoms. The molecule has 0 aliphatic carbocycles. The lowest BCUT2D eigenvalue weighted by Gasteiger charge is -2.15. The molecule has 0 unspecified atom stereocenters. The molecule has 164 valence electrons. The van der Waals surface area contributed by atoms with Crippen molar-refractivity contribution in [2.45, 2.75) is 9.79 Å². The maximum Gasteiger partial charge on any atom is 0.354 e. The minimum Gasteiger partial charge on any atom is -0.508 e. The third-order valence-corrected chi connectivity index (χ3v) is 6.31. The highest BCUT2D eigenvalue weighted by molar-refractivity contribution is 7.99. The lowest BCUT2D eigenvalue weighted by Crippen LogP contribution is -2.20. The summed E-state index contributed by atoms with van der Waals surface area (Å²) in [5.41, 5.74) is -0.249. The number of para-hydroxylation sites is 1. The van der Waals surface area contributed by atoms with Crippen molar-refractivity contribution in [1.82, 2.24) is 4.57 Å². The van der Waals surface area contributed by atoms with Crippen LogP contribution in [0.5, 0.6) is 17.2 Å². The normalized spacial score (nSPS) is 11.2. The summed E-state index contributed by atoms with van der Waals surface area (Å²) in [6, 6.07) is 20.2. The van der Waals surface area contributed by atoms with Crippen LogP contribution in [0.3, 0.4) is 0 Å². The number of pyridine rings is 1. The summed E-state index contributed by atoms with van der Waals surface area (Å²) in [4.78, 5) is 27.0. The Morgan fingerprint density at radius 3 is 2.36 bits per heavy atom. The Morgan fingerprint density at radius 2 is 1.67 bits per heavy atom. The maximum absolute atomic E-state index is 13.7. The van der Waals surface area contributed by atoms with E-state index in [1.807, 2.05) is 6.07 Å². The zero-order chi connectivity index (χ0) is 23.1. The number of fused-ring (bicyclic) bond motifs is 3. The van der Waals surface area contributed by atoms with E-state index in [-0.39, 0.29) is 21.6 Å². The molecule has 0 aliphatic rings. The molecule has 0 saturated heterocycles. The largest absolute Gasteiger partial charge is 0.508 e. The average molecular weight is 459 g/mol. The zero-order valence-electron chi connectivity index (χ0n) is 17.3. The molecule has 0 spiro atoms. The van der Waals surface area contributed by atoms with Gasteiger partial charge in [0.05, 0.1) is 12.6 Å². The van der Waals surface area contributed by atoms with Gasteiger partial charge in [-0.25, -0.2) is 4.79 Å². The Hall–Kier alpha value is -4.17. The van der Waals surface area contributed by atoms with E-state index >= 15 is 0 Å². The van der Waals surface area contributed by atoms with Gasteiger partial charge >= 0.3 is 5.63 Å². The molecule has 0 aliphatic heterocycles. The molecule has 0 fully saturated rings. The number of phenols is 1. The highest BCUT2D eigenvalue weighted by Crippen LogP contribution is 2.38. The van der Waals surface area contributed by atoms with Crippen LogP contribution in [-0.4, -0.2) is 21.9 Å². The number of nitrogens with zero attached hydrogens (tertiary/aromatic N) is 1. The number of ether oxygens (including phenoxy) is 1. The zero-order valence-corrected chi connectivity index (χ0v) is 18.1. The van der Waals surface area contributed by atoms with Gasteiger partial charge in [0.2, 0.25) is 0 Å². The topological polar surface area (TPSA) is 102 Å². The summed E-state index contributed by atoms with van der Waals surface area (Å²) < 4.78 is 12.4. The number of hydrogen-bond donors (Lipinski definition) is 2. The van der Waals surface area contributed by atoms with E-state index in [2.05, 4.69) is 0 Å². The van der Waals surface area contributed by atoms with Gasteiger partial charge in [0.1, 0.15) is 21.8 Å². The molecule has 2 N–H and O–H groups in total. The van der Waals surface area contributed by atoms with Crippen molar-refractivity contribution >= 4 is 33.6 Å². The molecule has 2 aromatic heterocycles. The first-order chi connectivity index (χ1) is 16.0. The third kappa shape index (κ3) is 3.50. The second-order valence-corrected chi connectivity index (χ2v) is 8.31. The summed E-state index contributed by atoms with van der Waals surface area (Å²) >= 11 is 0.951. The van der Waals surface area contributed by atoms with Crippen LogP contribution >= 0.6 is 11.8 Å². The SMILES string of the molecule is COc1ccc2c3oc(=O)c(Sc4ccc(O)cc4)c(O)c3c(=O)n(-c3ccccc3)c2c1. The average Bonchev–Trinajstić information content (AvgIpc) is 2.83. The number of rotatable bonds is 4. The van der Waals surface area contributed by atoms with Gasteiger partial charge in [0, 0.05) is 22.0 Å². The van der Waals surface area contributed by atoms with Crippen LogP contribution in [0.25, 0.3) is 27.6 Å². The lowest BCUT2D eigenvalue weighted by molar-refractivity contribution is 0.415. The van der Waals surface area contributed by atoms with Crippen molar-refractivity contribution in [2.24, 2.45) is 0 Å². The van der Waals surface area contributed by atoms with E-state index in [1.165, 1.54) is 23.8 Å². The van der Waals surface area contributed by atoms with Crippen LogP contribution in [0.1, 0.15) is 0 Å². The first-order valence-electron chi connectivity index (χ1n) is 9.93. The first kappa shape index (κ1) is 20.7. The second kappa shape index (κ2) is 8.07. The highest BCUT2D eigenvalue weighted by atomic mass is 32.2. The van der Waals surface area contributed by atoms with Crippen molar-refractivity contribution in [3.63, 3.8) is 0 Å². The van der Waals surface area contributed by atoms with Gasteiger partial charge in [-0.3, -0.25) is 9.36 Å². The minimum atomic E-state index is -0.771. The van der Waals surface area contributed by atoms with E-state index in [9.17, 15) is 19.8 Å². The Bertz CT molecular complexity index is 1620. The molecular weight excluding hydrogens is 442 g/mol. The molecule has 0 radical (unpaired) electrons. The minimum absolute atomic E-state index is 0.00221. The molecule has 7 nitrogen and oxygen atoms in total. The monoisotopic (exact) mass is 459 g/mol. The fourth-order valence-electron chi connectivity index (χ4n) is 3.69. The Balaban J connectivity index is 1.87. The fraction of sp³-hybridized carbons (Fsp3) is 0.0400. The van der Waals surface area contributed by atoms with Crippen LogP contribution in [0.4, 0.5) is 0 Å². The van der Waals surface area contributed by atoms with Gasteiger partial charge < -0.3 is 19.4 Å². The Labute approximate surface area is 191 Å². The summed E-state index contributed by atoms with van der Waals surface area (Å²) in [5.74, 6) is 0.144. The van der Waals surface area contributed by atoms with Gasteiger partial charge in [0.15, 0.2) is 11.3 Å². The quantitative estimate of drug-likeness (QED) is 0.377. The van der Waals surface area contributed by atoms with Gasteiger partial charge in [-0.05, 0) is 48.5 Å². The number of phenolic OH excluding ortho intramolecular Hbond substituents is 1. The number of methoxy groups -OCH3 is 1. The predicted octanol–water partition coefficient (Wildman–Crippen LogP) is 4.67. The summed E-state index contributed by atoms with van der Waals surface area (Å²) in [5, 5.41) is 21.0. The van der Waals surface area contributed by atoms with Crippen molar-refractivity contribution in [2.75, 3.05) is 7.11 Å². The van der Waals surface area contributed by atoms with E-state index in [4.69, 9.17) is 9.15 Å². The van der Waals surface area contributed by atoms with Crippen LogP contribution < -0.4 is 15.9 Å². The molecule has 2 heterocycles. The van der Waals surface area contributed by atoms with E-state index in [0.29, 0.717) is 27.2 Å². The van der Waals surface area contributed by atoms with Crippen molar-refractivity contribution in [3.05, 3.63) is 93.6 Å². The second-order valence-electron chi connectivity index (χ2n) is 7.23. The van der Waals surface area contributed by atoms with Crippen LogP contribution in [0.15, 0.2) is 96.6 Å². The smallest absolute Gasteiger partial charge is 0.354 e. The van der Waals surface area contributed by atoms with Crippen molar-refractivity contribution in [3.8, 4) is 22.9 Å². The van der Waals surface area contributed by atoms with Crippen LogP contribution in [0.2, 0.25) is 0 Å². The third-order valence-electron chi connectivity index (χ3n) is 5.24. The molecule has 0 amide bonds. The first-order valence-corrected chi connectivity index (χ1v) is 10.7. The Morgan fingerprint density at radius 1 is 0.939 bits per heavy atom. The van der Waals surface area contributed by atoms with Crippen LogP contribution in [0, 0.1) is 0 Å². The molecule has 5 rings (SSSR count). The van der Waals surface area contributed by atoms with E-state index in [1.54, 1.807) is 54.6 Å². The van der Waals surface area contributed by atoms with E-state index < -0.39 is 16.9 Å². The number of aromatic nitrogens is 1. The number of hydrogen-bond acceptors (Lipinski definition) is 7. The highest BCUT2D eigenvalue weighted by Gasteiger charge is 2.23. The van der Waals surface area contributed by atoms with Gasteiger partial charge in [-0.1, -0.05) is 30.0 Å². The number of aromatic hydroxyl groups is 2. The van der Waals surface area contributed by atoms with Gasteiger partial charge in [0.25, 0.3) is 5.56 Å². The molecule has 8 heteroatoms. The molecule has 0 saturated carbocycles. The Kier molecular flexibility index (Phi) is 5.07. The molecule has 5 aromatic rings. The molecular formula is C25H17NO6S. The fourth-order valence-corrected chi connectivity index (χ4v) is 4.52. The molecule has 3 aromatic carbocycles. The lowest BCUT2D eigenvalue weighted by atomic mass is 10.1. The summed E-state index contributed by atoms with van der Waals surface area (Å²) in [6.45, 7) is 0. The van der Waals surface area contributed by atoms with Crippen molar-refractivity contribution in [1.29, 1.82) is 0 Å². The van der Waals surface area contributed by atoms with E-state index in [0.717, 1.165) is 11.8 Å². The van der Waals surface area contributed by atoms with Crippen LogP contribution in [-0.2, 0) is 0 Å². The van der Waals surface area contributed by atoms with Gasteiger partial charge in [-0.2, -0.15) is 0 Å².